The molecule has 6 nitrogen and oxygen atoms in total. The first-order chi connectivity index (χ1) is 17.7. The molecule has 216 valence electrons. The van der Waals surface area contributed by atoms with Gasteiger partial charge in [0, 0.05) is 25.7 Å². The minimum atomic E-state index is -0.131. The van der Waals surface area contributed by atoms with Crippen LogP contribution in [0.2, 0.25) is 0 Å². The van der Waals surface area contributed by atoms with Crippen molar-refractivity contribution in [3.8, 4) is 0 Å². The van der Waals surface area contributed by atoms with Crippen LogP contribution in [0.1, 0.15) is 91.9 Å². The van der Waals surface area contributed by atoms with Crippen molar-refractivity contribution in [1.29, 1.82) is 0 Å². The van der Waals surface area contributed by atoms with E-state index in [0.29, 0.717) is 35.8 Å². The fourth-order valence-corrected chi connectivity index (χ4v) is 11.5. The number of hydrogen-bond acceptors (Lipinski definition) is 4. The first-order valence-electron chi connectivity index (χ1n) is 15.7. The molecule has 3 unspecified atom stereocenters. The number of likely N-dealkylation sites (tertiary alicyclic amines) is 1. The molecule has 1 heterocycles. The van der Waals surface area contributed by atoms with Gasteiger partial charge >= 0.3 is 11.9 Å². The van der Waals surface area contributed by atoms with Crippen molar-refractivity contribution >= 4 is 11.9 Å². The Balaban J connectivity index is 1.46. The van der Waals surface area contributed by atoms with Crippen molar-refractivity contribution in [1.82, 2.24) is 0 Å². The lowest BCUT2D eigenvalue weighted by Gasteiger charge is -2.63. The molecule has 4 saturated carbocycles. The van der Waals surface area contributed by atoms with Gasteiger partial charge in [-0.25, -0.2) is 0 Å². The van der Waals surface area contributed by atoms with Gasteiger partial charge in [0.25, 0.3) is 0 Å². The molecule has 0 aromatic carbocycles. The zero-order valence-corrected chi connectivity index (χ0v) is 25.6. The Labute approximate surface area is 232 Å². The second-order valence-corrected chi connectivity index (χ2v) is 15.8. The maximum absolute atomic E-state index is 12.2. The van der Waals surface area contributed by atoms with Crippen LogP contribution in [-0.4, -0.2) is 86.5 Å². The van der Waals surface area contributed by atoms with Crippen LogP contribution in [0.3, 0.4) is 0 Å². The maximum Gasteiger partial charge on any atom is 0.303 e. The predicted octanol–water partition coefficient (Wildman–Crippen LogP) is 5.19. The van der Waals surface area contributed by atoms with E-state index in [-0.39, 0.29) is 35.0 Å². The van der Waals surface area contributed by atoms with Crippen LogP contribution in [-0.2, 0) is 19.1 Å². The zero-order valence-electron chi connectivity index (χ0n) is 25.6. The van der Waals surface area contributed by atoms with Crippen LogP contribution < -0.4 is 0 Å². The molecule has 0 amide bonds. The van der Waals surface area contributed by atoms with E-state index in [1.54, 1.807) is 13.8 Å². The summed E-state index contributed by atoms with van der Waals surface area (Å²) in [6.07, 6.45) is 12.2. The third-order valence-corrected chi connectivity index (χ3v) is 12.7. The van der Waals surface area contributed by atoms with Crippen molar-refractivity contribution in [2.45, 2.75) is 116 Å². The van der Waals surface area contributed by atoms with E-state index >= 15 is 0 Å². The number of carbonyl (C=O) groups is 2. The molecule has 0 bridgehead atoms. The fourth-order valence-electron chi connectivity index (χ4n) is 11.5. The normalized spacial score (nSPS) is 46.3. The minimum Gasteiger partial charge on any atom is -0.456 e. The molecule has 5 rings (SSSR count). The molecule has 0 radical (unpaired) electrons. The van der Waals surface area contributed by atoms with E-state index in [1.807, 2.05) is 0 Å². The SMILES string of the molecule is CC(=O)O[C@H]1CC2C3CC[C@H]4C[C@H](OC(C)=O)[C@@H]([N+]5(C)CCCCC5)C[C@]4(C)C3CC[C@]2(C)[C@H]1[N+](C)(C)C. The average molecular weight is 533 g/mol. The van der Waals surface area contributed by atoms with Gasteiger partial charge in [0.1, 0.15) is 12.1 Å². The molecule has 5 aliphatic rings. The standard InChI is InChI=1S/C32H56N2O4/c1-21(35)37-28-18-23-12-13-24-25(32(23,4)20-27(28)34(8)16-10-9-11-17-34)14-15-31(3)26(24)19-29(38-22(2)36)30(31)33(5,6)7/h23-30H,9-20H2,1-8H3/q+2/t23-,24?,25?,26?,27-,28-,29-,30-,31-,32-/m0/s1. The largest absolute Gasteiger partial charge is 0.456 e. The van der Waals surface area contributed by atoms with E-state index in [9.17, 15) is 9.59 Å². The molecule has 10 atom stereocenters. The Kier molecular flexibility index (Phi) is 7.28. The number of hydrogen-bond donors (Lipinski definition) is 0. The zero-order chi connectivity index (χ0) is 27.7. The van der Waals surface area contributed by atoms with Gasteiger partial charge in [0.15, 0.2) is 12.2 Å². The van der Waals surface area contributed by atoms with Gasteiger partial charge in [-0.05, 0) is 86.9 Å². The maximum atomic E-state index is 12.2. The molecule has 0 spiro atoms. The van der Waals surface area contributed by atoms with Crippen LogP contribution in [0, 0.1) is 34.5 Å². The molecular formula is C32H56N2O4+2. The van der Waals surface area contributed by atoms with Crippen molar-refractivity contribution in [2.75, 3.05) is 41.3 Å². The summed E-state index contributed by atoms with van der Waals surface area (Å²) < 4.78 is 14.1. The number of esters is 2. The number of likely N-dealkylation sites (N-methyl/N-ethyl adjacent to an activating group) is 2. The molecule has 0 aromatic rings. The van der Waals surface area contributed by atoms with Gasteiger partial charge in [0.05, 0.1) is 41.3 Å². The average Bonchev–Trinajstić information content (AvgIpc) is 3.10. The van der Waals surface area contributed by atoms with Gasteiger partial charge < -0.3 is 18.4 Å². The Bertz CT molecular complexity index is 923. The van der Waals surface area contributed by atoms with Gasteiger partial charge in [0.2, 0.25) is 0 Å². The number of piperidine rings is 1. The highest BCUT2D eigenvalue weighted by atomic mass is 16.5. The molecule has 6 heteroatoms. The van der Waals surface area contributed by atoms with Crippen molar-refractivity contribution in [3.63, 3.8) is 0 Å². The van der Waals surface area contributed by atoms with Gasteiger partial charge in [-0.2, -0.15) is 0 Å². The highest BCUT2D eigenvalue weighted by Crippen LogP contribution is 2.67. The summed E-state index contributed by atoms with van der Waals surface area (Å²) in [4.78, 5) is 24.4. The highest BCUT2D eigenvalue weighted by Gasteiger charge is 2.67. The lowest BCUT2D eigenvalue weighted by atomic mass is 9.44. The van der Waals surface area contributed by atoms with Gasteiger partial charge in [-0.3, -0.25) is 9.59 Å². The van der Waals surface area contributed by atoms with E-state index in [2.05, 4.69) is 42.0 Å². The molecule has 0 N–H and O–H groups in total. The van der Waals surface area contributed by atoms with Crippen LogP contribution in [0.5, 0.6) is 0 Å². The van der Waals surface area contributed by atoms with Crippen LogP contribution in [0.15, 0.2) is 0 Å². The second kappa shape index (κ2) is 9.75. The molecule has 0 aromatic heterocycles. The third kappa shape index (κ3) is 4.63. The molecule has 4 aliphatic carbocycles. The predicted molar refractivity (Wildman–Crippen MR) is 149 cm³/mol. The number of rotatable bonds is 4. The minimum absolute atomic E-state index is 0.0112. The summed E-state index contributed by atoms with van der Waals surface area (Å²) in [5.41, 5.74) is 0.484. The van der Waals surface area contributed by atoms with Crippen molar-refractivity contribution in [2.24, 2.45) is 34.5 Å². The molecule has 1 saturated heterocycles. The molecule has 38 heavy (non-hydrogen) atoms. The molecule has 1 aliphatic heterocycles. The van der Waals surface area contributed by atoms with Crippen LogP contribution in [0.4, 0.5) is 0 Å². The smallest absolute Gasteiger partial charge is 0.303 e. The number of quaternary nitrogens is 2. The summed E-state index contributed by atoms with van der Waals surface area (Å²) in [7, 11) is 9.34. The summed E-state index contributed by atoms with van der Waals surface area (Å²) in [5.74, 6) is 2.40. The first kappa shape index (κ1) is 28.4. The van der Waals surface area contributed by atoms with Crippen LogP contribution in [0.25, 0.3) is 0 Å². The summed E-state index contributed by atoms with van der Waals surface area (Å²) in [6.45, 7) is 10.8. The number of nitrogens with zero attached hydrogens (tertiary/aromatic N) is 2. The summed E-state index contributed by atoms with van der Waals surface area (Å²) in [5, 5.41) is 0. The fraction of sp³-hybridized carbons (Fsp3) is 0.938. The number of ether oxygens (including phenoxy) is 2. The second-order valence-electron chi connectivity index (χ2n) is 15.8. The van der Waals surface area contributed by atoms with E-state index < -0.39 is 0 Å². The summed E-state index contributed by atoms with van der Waals surface area (Å²) >= 11 is 0. The summed E-state index contributed by atoms with van der Waals surface area (Å²) in [6, 6.07) is 0.747. The first-order valence-corrected chi connectivity index (χ1v) is 15.7. The third-order valence-electron chi connectivity index (χ3n) is 12.7. The Morgan fingerprint density at radius 2 is 1.45 bits per heavy atom. The Morgan fingerprint density at radius 3 is 2.05 bits per heavy atom. The van der Waals surface area contributed by atoms with Gasteiger partial charge in [-0.1, -0.05) is 13.8 Å². The Morgan fingerprint density at radius 1 is 0.816 bits per heavy atom. The molecular weight excluding hydrogens is 476 g/mol. The van der Waals surface area contributed by atoms with E-state index in [4.69, 9.17) is 9.47 Å². The van der Waals surface area contributed by atoms with Gasteiger partial charge in [-0.15, -0.1) is 0 Å². The quantitative estimate of drug-likeness (QED) is 0.370. The van der Waals surface area contributed by atoms with Crippen LogP contribution >= 0.6 is 0 Å². The number of fused-ring (bicyclic) bond motifs is 5. The lowest BCUT2D eigenvalue weighted by molar-refractivity contribution is -0.943. The van der Waals surface area contributed by atoms with E-state index in [1.165, 1.54) is 64.5 Å². The monoisotopic (exact) mass is 532 g/mol. The number of carbonyl (C=O) groups excluding carboxylic acids is 2. The van der Waals surface area contributed by atoms with E-state index in [0.717, 1.165) is 21.8 Å². The van der Waals surface area contributed by atoms with Crippen molar-refractivity contribution in [3.05, 3.63) is 0 Å². The highest BCUT2D eigenvalue weighted by molar-refractivity contribution is 5.66. The van der Waals surface area contributed by atoms with Crippen molar-refractivity contribution < 1.29 is 28.0 Å². The Hall–Kier alpha value is -1.14. The molecule has 5 fully saturated rings. The lowest BCUT2D eigenvalue weighted by Crippen LogP contribution is -2.66. The topological polar surface area (TPSA) is 52.6 Å².